The largest absolute Gasteiger partial charge is 0.490 e. The Morgan fingerprint density at radius 3 is 2.13 bits per heavy atom. The van der Waals surface area contributed by atoms with Gasteiger partial charge < -0.3 is 9.47 Å². The fraction of sp³-hybridized carbons (Fsp3) is 0.185. The highest BCUT2D eigenvalue weighted by Gasteiger charge is 2.37. The zero-order valence-corrected chi connectivity index (χ0v) is 21.1. The number of ether oxygens (including phenoxy) is 2. The van der Waals surface area contributed by atoms with Crippen LogP contribution in [0, 0.1) is 36.0 Å². The van der Waals surface area contributed by atoms with E-state index in [1.807, 2.05) is 31.2 Å². The number of anilines is 1. The predicted molar refractivity (Wildman–Crippen MR) is 133 cm³/mol. The van der Waals surface area contributed by atoms with Crippen molar-refractivity contribution in [2.45, 2.75) is 27.4 Å². The molecule has 0 bridgehead atoms. The third-order valence-corrected chi connectivity index (χ3v) is 5.89. The van der Waals surface area contributed by atoms with Crippen molar-refractivity contribution in [2.75, 3.05) is 11.6 Å². The third kappa shape index (κ3) is 5.08. The van der Waals surface area contributed by atoms with Crippen LogP contribution in [0.5, 0.6) is 11.5 Å². The van der Waals surface area contributed by atoms with Gasteiger partial charge in [-0.15, -0.1) is 0 Å². The topological polar surface area (TPSA) is 51.1 Å². The van der Waals surface area contributed by atoms with Gasteiger partial charge in [-0.2, -0.15) is 10.1 Å². The zero-order valence-electron chi connectivity index (χ0n) is 20.3. The number of hydrazone groups is 1. The maximum absolute atomic E-state index is 14.3. The predicted octanol–water partition coefficient (Wildman–Crippen LogP) is 7.13. The summed E-state index contributed by atoms with van der Waals surface area (Å²) in [7, 11) is 0. The molecule has 4 rings (SSSR count). The number of carbonyl (C=O) groups is 1. The van der Waals surface area contributed by atoms with E-state index in [2.05, 4.69) is 5.10 Å². The molecular formula is C27H20ClF5N2O3. The van der Waals surface area contributed by atoms with Crippen LogP contribution < -0.4 is 14.5 Å². The van der Waals surface area contributed by atoms with E-state index in [0.29, 0.717) is 5.56 Å². The lowest BCUT2D eigenvalue weighted by Crippen LogP contribution is -2.25. The summed E-state index contributed by atoms with van der Waals surface area (Å²) >= 11 is 6.46. The Kier molecular flexibility index (Phi) is 7.73. The molecule has 0 N–H and O–H groups in total. The summed E-state index contributed by atoms with van der Waals surface area (Å²) in [6.45, 7) is 5.54. The molecule has 0 atom stereocenters. The quantitative estimate of drug-likeness (QED) is 0.136. The second-order valence-corrected chi connectivity index (χ2v) is 8.72. The van der Waals surface area contributed by atoms with Gasteiger partial charge in [0.1, 0.15) is 12.3 Å². The average molecular weight is 551 g/mol. The van der Waals surface area contributed by atoms with Gasteiger partial charge in [-0.3, -0.25) is 4.79 Å². The minimum Gasteiger partial charge on any atom is -0.490 e. The highest BCUT2D eigenvalue weighted by Crippen LogP contribution is 2.39. The number of aryl methyl sites for hydroxylation is 1. The van der Waals surface area contributed by atoms with E-state index >= 15 is 0 Å². The lowest BCUT2D eigenvalue weighted by Gasteiger charge is -2.16. The normalized spacial score (nSPS) is 14.3. The molecule has 3 aromatic carbocycles. The Labute approximate surface area is 219 Å². The molecule has 0 spiro atoms. The fourth-order valence-corrected chi connectivity index (χ4v) is 3.97. The number of amides is 1. The number of hydrogen-bond acceptors (Lipinski definition) is 4. The number of hydrogen-bond donors (Lipinski definition) is 0. The van der Waals surface area contributed by atoms with Crippen molar-refractivity contribution in [1.29, 1.82) is 0 Å². The van der Waals surface area contributed by atoms with E-state index in [1.54, 1.807) is 6.92 Å². The summed E-state index contributed by atoms with van der Waals surface area (Å²) < 4.78 is 81.0. The molecule has 198 valence electrons. The van der Waals surface area contributed by atoms with Crippen LogP contribution in [-0.4, -0.2) is 18.2 Å². The minimum atomic E-state index is -2.34. The molecule has 11 heteroatoms. The van der Waals surface area contributed by atoms with Gasteiger partial charge in [-0.1, -0.05) is 41.4 Å². The summed E-state index contributed by atoms with van der Waals surface area (Å²) in [5, 5.41) is 4.03. The van der Waals surface area contributed by atoms with Crippen molar-refractivity contribution >= 4 is 35.0 Å². The maximum atomic E-state index is 14.3. The summed E-state index contributed by atoms with van der Waals surface area (Å²) in [5.41, 5.74) is 0.698. The number of benzene rings is 3. The van der Waals surface area contributed by atoms with Crippen molar-refractivity contribution in [3.05, 3.63) is 92.8 Å². The number of rotatable bonds is 7. The van der Waals surface area contributed by atoms with E-state index in [9.17, 15) is 26.7 Å². The summed E-state index contributed by atoms with van der Waals surface area (Å²) in [4.78, 5) is 13.0. The highest BCUT2D eigenvalue weighted by atomic mass is 35.5. The van der Waals surface area contributed by atoms with Gasteiger partial charge in [0.05, 0.1) is 22.9 Å². The van der Waals surface area contributed by atoms with Crippen molar-refractivity contribution in [3.63, 3.8) is 0 Å². The van der Waals surface area contributed by atoms with E-state index in [4.69, 9.17) is 21.1 Å². The molecule has 1 aliphatic rings. The van der Waals surface area contributed by atoms with E-state index in [0.717, 1.165) is 11.1 Å². The fourth-order valence-electron chi connectivity index (χ4n) is 3.70. The average Bonchev–Trinajstić information content (AvgIpc) is 3.15. The molecule has 0 aliphatic carbocycles. The number of nitrogens with zero attached hydrogens (tertiary/aromatic N) is 2. The van der Waals surface area contributed by atoms with E-state index < -0.39 is 40.7 Å². The Bertz CT molecular complexity index is 1460. The molecule has 0 fully saturated rings. The molecule has 5 nitrogen and oxygen atoms in total. The second kappa shape index (κ2) is 10.8. The minimum absolute atomic E-state index is 0.0206. The monoisotopic (exact) mass is 550 g/mol. The first-order valence-corrected chi connectivity index (χ1v) is 11.7. The molecule has 38 heavy (non-hydrogen) atoms. The van der Waals surface area contributed by atoms with Gasteiger partial charge in [0.15, 0.2) is 34.8 Å². The van der Waals surface area contributed by atoms with Gasteiger partial charge in [0, 0.05) is 0 Å². The molecule has 1 amide bonds. The summed E-state index contributed by atoms with van der Waals surface area (Å²) in [6, 6.07) is 10.7. The van der Waals surface area contributed by atoms with Crippen molar-refractivity contribution < 1.29 is 36.2 Å². The Morgan fingerprint density at radius 2 is 1.53 bits per heavy atom. The molecule has 1 aliphatic heterocycles. The van der Waals surface area contributed by atoms with Crippen LogP contribution in [0.1, 0.15) is 30.5 Å². The van der Waals surface area contributed by atoms with Crippen LogP contribution in [0.4, 0.5) is 27.6 Å². The lowest BCUT2D eigenvalue weighted by molar-refractivity contribution is -0.114. The summed E-state index contributed by atoms with van der Waals surface area (Å²) in [5.74, 6) is -11.6. The van der Waals surface area contributed by atoms with Crippen LogP contribution >= 0.6 is 11.6 Å². The SMILES string of the molecule is CCOc1cc(/C=C2/C(=O)N(c3c(F)c(F)c(F)c(F)c3F)N=C2C)cc(Cl)c1OCc1ccc(C)cc1. The van der Waals surface area contributed by atoms with Crippen LogP contribution in [0.15, 0.2) is 47.1 Å². The van der Waals surface area contributed by atoms with Crippen LogP contribution in [0.2, 0.25) is 5.02 Å². The summed E-state index contributed by atoms with van der Waals surface area (Å²) in [6.07, 6.45) is 1.31. The van der Waals surface area contributed by atoms with Gasteiger partial charge >= 0.3 is 0 Å². The molecule has 1 heterocycles. The van der Waals surface area contributed by atoms with E-state index in [1.165, 1.54) is 25.1 Å². The first-order valence-electron chi connectivity index (χ1n) is 11.3. The first-order chi connectivity index (χ1) is 18.0. The standard InChI is InChI=1S/C27H20ClF5N2O3/c1-4-37-19-11-16(10-18(28)26(19)38-12-15-7-5-13(2)6-8-15)9-17-14(3)34-35(27(17)36)25-23(32)21(30)20(29)22(31)24(25)33/h5-11H,4,12H2,1-3H3/b17-9+. The van der Waals surface area contributed by atoms with Gasteiger partial charge in [0.25, 0.3) is 5.91 Å². The van der Waals surface area contributed by atoms with Gasteiger partial charge in [0.2, 0.25) is 5.82 Å². The van der Waals surface area contributed by atoms with Crippen LogP contribution in [0.3, 0.4) is 0 Å². The van der Waals surface area contributed by atoms with Crippen LogP contribution in [-0.2, 0) is 11.4 Å². The molecule has 0 saturated heterocycles. The van der Waals surface area contributed by atoms with Crippen molar-refractivity contribution in [1.82, 2.24) is 0 Å². The number of halogens is 6. The smallest absolute Gasteiger partial charge is 0.280 e. The number of carbonyl (C=O) groups excluding carboxylic acids is 1. The highest BCUT2D eigenvalue weighted by molar-refractivity contribution is 6.33. The lowest BCUT2D eigenvalue weighted by atomic mass is 10.1. The Morgan fingerprint density at radius 1 is 0.921 bits per heavy atom. The van der Waals surface area contributed by atoms with Crippen LogP contribution in [0.25, 0.3) is 6.08 Å². The molecular weight excluding hydrogens is 531 g/mol. The van der Waals surface area contributed by atoms with Gasteiger partial charge in [-0.25, -0.2) is 22.0 Å². The van der Waals surface area contributed by atoms with Crippen molar-refractivity contribution in [2.24, 2.45) is 5.10 Å². The molecule has 0 radical (unpaired) electrons. The molecule has 0 saturated carbocycles. The Balaban J connectivity index is 1.67. The van der Waals surface area contributed by atoms with Crippen molar-refractivity contribution in [3.8, 4) is 11.5 Å². The third-order valence-electron chi connectivity index (χ3n) is 5.61. The molecule has 0 unspecified atom stereocenters. The Hall–Kier alpha value is -3.92. The zero-order chi connectivity index (χ0) is 27.7. The first kappa shape index (κ1) is 27.1. The second-order valence-electron chi connectivity index (χ2n) is 8.32. The maximum Gasteiger partial charge on any atom is 0.280 e. The van der Waals surface area contributed by atoms with E-state index in [-0.39, 0.29) is 46.0 Å². The van der Waals surface area contributed by atoms with Gasteiger partial charge in [-0.05, 0) is 50.1 Å². The molecule has 0 aromatic heterocycles. The molecule has 3 aromatic rings.